The molecule has 2 aromatic carbocycles. The number of rotatable bonds is 5. The Morgan fingerprint density at radius 1 is 1.22 bits per heavy atom. The normalized spacial score (nSPS) is 21.2. The molecule has 0 saturated heterocycles. The Balaban J connectivity index is 1.60. The van der Waals surface area contributed by atoms with Gasteiger partial charge in [0.25, 0.3) is 0 Å². The van der Waals surface area contributed by atoms with Crippen LogP contribution in [0.2, 0.25) is 5.02 Å². The van der Waals surface area contributed by atoms with Gasteiger partial charge in [-0.2, -0.15) is 0 Å². The molecule has 6 nitrogen and oxygen atoms in total. The summed E-state index contributed by atoms with van der Waals surface area (Å²) in [6.45, 7) is 7.91. The van der Waals surface area contributed by atoms with Crippen LogP contribution in [0.5, 0.6) is 5.75 Å². The summed E-state index contributed by atoms with van der Waals surface area (Å²) in [5, 5.41) is 0.739. The molecule has 200 valence electrons. The van der Waals surface area contributed by atoms with E-state index in [4.69, 9.17) is 21.1 Å². The number of esters is 1. The van der Waals surface area contributed by atoms with Gasteiger partial charge in [0.15, 0.2) is 0 Å². The molecule has 4 rings (SSSR count). The molecule has 1 aliphatic heterocycles. The lowest BCUT2D eigenvalue weighted by Gasteiger charge is -2.39. The number of fused-ring (bicyclic) bond motifs is 2. The lowest BCUT2D eigenvalue weighted by atomic mass is 9.74. The van der Waals surface area contributed by atoms with Crippen LogP contribution in [0.4, 0.5) is 5.69 Å². The Morgan fingerprint density at radius 2 is 2.03 bits per heavy atom. The summed E-state index contributed by atoms with van der Waals surface area (Å²) in [4.78, 5) is 14.7. The molecule has 2 aromatic rings. The number of hydrogen-bond donors (Lipinski definition) is 0. The molecule has 1 unspecified atom stereocenters. The van der Waals surface area contributed by atoms with Gasteiger partial charge in [-0.05, 0) is 100 Å². The Bertz CT molecular complexity index is 1130. The molecular weight excluding hydrogens is 508 g/mol. The zero-order valence-electron chi connectivity index (χ0n) is 22.2. The van der Waals surface area contributed by atoms with E-state index in [1.165, 1.54) is 12.7 Å². The van der Waals surface area contributed by atoms with E-state index in [2.05, 4.69) is 9.30 Å². The standard InChI is InChI=1S/C29H37ClN2O4S/c1-29(2,3)37(34)31-17-22-8-9-23(22)18-32-14-6-5-7-20-15-25(30)12-10-24(20)19-36-27-13-11-21(16-26(27)32)28(33)35-4/h10-13,15-17,22-23H,5-9,14,18-19H2,1-4H3/t22-,23-,37?/m0/s1. The first-order chi connectivity index (χ1) is 17.7. The van der Waals surface area contributed by atoms with Crippen molar-refractivity contribution in [2.45, 2.75) is 64.2 Å². The van der Waals surface area contributed by atoms with Crippen molar-refractivity contribution in [1.82, 2.24) is 0 Å². The van der Waals surface area contributed by atoms with Gasteiger partial charge in [-0.3, -0.25) is 0 Å². The summed E-state index contributed by atoms with van der Waals surface area (Å²) in [5.74, 6) is 1.07. The van der Waals surface area contributed by atoms with E-state index in [1.54, 1.807) is 6.07 Å². The van der Waals surface area contributed by atoms with E-state index in [0.717, 1.165) is 67.2 Å². The highest BCUT2D eigenvalue weighted by molar-refractivity contribution is 7.91. The Hall–Kier alpha value is -2.22. The first-order valence-electron chi connectivity index (χ1n) is 13.0. The lowest BCUT2D eigenvalue weighted by molar-refractivity contribution is 0.0600. The molecule has 0 aromatic heterocycles. The fraction of sp³-hybridized carbons (Fsp3) is 0.517. The number of carbonyl (C=O) groups is 1. The van der Waals surface area contributed by atoms with E-state index in [0.29, 0.717) is 24.0 Å². The fourth-order valence-corrected chi connectivity index (χ4v) is 5.55. The molecule has 0 radical (unpaired) electrons. The van der Waals surface area contributed by atoms with Crippen molar-refractivity contribution in [3.63, 3.8) is 0 Å². The molecule has 0 N–H and O–H groups in total. The van der Waals surface area contributed by atoms with Crippen LogP contribution in [0.3, 0.4) is 0 Å². The van der Waals surface area contributed by atoms with E-state index in [9.17, 15) is 9.35 Å². The quantitative estimate of drug-likeness (QED) is 0.247. The zero-order valence-corrected chi connectivity index (χ0v) is 23.7. The highest BCUT2D eigenvalue weighted by Gasteiger charge is 2.34. The maximum atomic E-state index is 12.4. The van der Waals surface area contributed by atoms with Crippen LogP contribution >= 0.6 is 11.6 Å². The molecule has 1 saturated carbocycles. The number of benzene rings is 2. The number of aryl methyl sites for hydroxylation is 1. The van der Waals surface area contributed by atoms with Crippen LogP contribution in [0.25, 0.3) is 0 Å². The SMILES string of the molecule is COC(=O)c1ccc2c(c1)N(C[C@@H]1CC[C@H]1C=N[S+]([O-])C(C)(C)C)CCCCc1cc(Cl)ccc1CO2. The second kappa shape index (κ2) is 12.1. The minimum absolute atomic E-state index is 0.295. The van der Waals surface area contributed by atoms with Crippen molar-refractivity contribution in [1.29, 1.82) is 0 Å². The third-order valence-corrected chi connectivity index (χ3v) is 8.80. The topological polar surface area (TPSA) is 74.2 Å². The molecule has 8 heteroatoms. The lowest BCUT2D eigenvalue weighted by Crippen LogP contribution is -2.40. The van der Waals surface area contributed by atoms with E-state index in [-0.39, 0.29) is 10.7 Å². The van der Waals surface area contributed by atoms with Gasteiger partial charge in [0, 0.05) is 24.0 Å². The third kappa shape index (κ3) is 7.01. The number of halogens is 1. The summed E-state index contributed by atoms with van der Waals surface area (Å²) in [7, 11) is 1.40. The smallest absolute Gasteiger partial charge is 0.337 e. The number of carbonyl (C=O) groups excluding carboxylic acids is 1. The minimum Gasteiger partial charge on any atom is -0.591 e. The predicted octanol–water partition coefficient (Wildman–Crippen LogP) is 6.41. The van der Waals surface area contributed by atoms with Crippen molar-refractivity contribution in [3.05, 3.63) is 58.1 Å². The van der Waals surface area contributed by atoms with Gasteiger partial charge < -0.3 is 18.9 Å². The second-order valence-corrected chi connectivity index (χ2v) is 13.3. The summed E-state index contributed by atoms with van der Waals surface area (Å²) in [6, 6.07) is 11.5. The number of anilines is 1. The van der Waals surface area contributed by atoms with Gasteiger partial charge in [0.2, 0.25) is 0 Å². The maximum Gasteiger partial charge on any atom is 0.337 e. The van der Waals surface area contributed by atoms with Gasteiger partial charge in [0.1, 0.15) is 28.5 Å². The molecule has 1 aliphatic carbocycles. The molecular formula is C29H37ClN2O4S. The molecule has 1 heterocycles. The van der Waals surface area contributed by atoms with Crippen molar-refractivity contribution >= 4 is 40.8 Å². The molecule has 2 aliphatic rings. The van der Waals surface area contributed by atoms with Gasteiger partial charge in [-0.25, -0.2) is 4.79 Å². The van der Waals surface area contributed by atoms with Crippen molar-refractivity contribution in [3.8, 4) is 5.75 Å². The van der Waals surface area contributed by atoms with Crippen LogP contribution in [-0.2, 0) is 29.1 Å². The van der Waals surface area contributed by atoms with Gasteiger partial charge >= 0.3 is 5.97 Å². The van der Waals surface area contributed by atoms with Gasteiger partial charge in [-0.1, -0.05) is 22.1 Å². The predicted molar refractivity (Wildman–Crippen MR) is 151 cm³/mol. The number of ether oxygens (including phenoxy) is 2. The van der Waals surface area contributed by atoms with Crippen molar-refractivity contribution < 1.29 is 18.8 Å². The third-order valence-electron chi connectivity index (χ3n) is 7.20. The molecule has 0 bridgehead atoms. The zero-order chi connectivity index (χ0) is 26.6. The highest BCUT2D eigenvalue weighted by Crippen LogP contribution is 2.38. The largest absolute Gasteiger partial charge is 0.591 e. The van der Waals surface area contributed by atoms with Crippen molar-refractivity contribution in [2.24, 2.45) is 16.2 Å². The van der Waals surface area contributed by atoms with Crippen LogP contribution in [0.15, 0.2) is 40.8 Å². The monoisotopic (exact) mass is 544 g/mol. The fourth-order valence-electron chi connectivity index (χ4n) is 4.78. The number of methoxy groups -OCH3 is 1. The van der Waals surface area contributed by atoms with Gasteiger partial charge in [-0.15, -0.1) is 0 Å². The summed E-state index contributed by atoms with van der Waals surface area (Å²) in [5.41, 5.74) is 3.75. The Labute approximate surface area is 228 Å². The minimum atomic E-state index is -1.25. The molecule has 1 fully saturated rings. The van der Waals surface area contributed by atoms with Crippen molar-refractivity contribution in [2.75, 3.05) is 25.1 Å². The summed E-state index contributed by atoms with van der Waals surface area (Å²) >= 11 is 5.03. The van der Waals surface area contributed by atoms with Crippen LogP contribution in [0.1, 0.15) is 67.9 Å². The summed E-state index contributed by atoms with van der Waals surface area (Å²) < 4.78 is 27.8. The molecule has 0 amide bonds. The Kier molecular flexibility index (Phi) is 9.09. The van der Waals surface area contributed by atoms with E-state index < -0.39 is 11.4 Å². The molecule has 0 spiro atoms. The van der Waals surface area contributed by atoms with Gasteiger partial charge in [0.05, 0.1) is 24.6 Å². The molecule has 37 heavy (non-hydrogen) atoms. The van der Waals surface area contributed by atoms with Crippen LogP contribution in [0, 0.1) is 11.8 Å². The number of nitrogens with zero attached hydrogens (tertiary/aromatic N) is 2. The van der Waals surface area contributed by atoms with E-state index in [1.807, 2.05) is 57.3 Å². The Morgan fingerprint density at radius 3 is 2.73 bits per heavy atom. The van der Waals surface area contributed by atoms with Crippen LogP contribution < -0.4 is 9.64 Å². The van der Waals surface area contributed by atoms with Crippen LogP contribution in [-0.4, -0.2) is 41.7 Å². The first kappa shape index (κ1) is 27.8. The molecule has 3 atom stereocenters. The maximum absolute atomic E-state index is 12.4. The summed E-state index contributed by atoms with van der Waals surface area (Å²) in [6.07, 6.45) is 7.00. The van der Waals surface area contributed by atoms with E-state index >= 15 is 0 Å². The number of hydrogen-bond acceptors (Lipinski definition) is 6. The first-order valence-corrected chi connectivity index (χ1v) is 14.5. The second-order valence-electron chi connectivity index (χ2n) is 10.9. The highest BCUT2D eigenvalue weighted by atomic mass is 35.5. The average molecular weight is 545 g/mol. The average Bonchev–Trinajstić information content (AvgIpc) is 2.88.